The number of rotatable bonds is 10. The Labute approximate surface area is 193 Å². The van der Waals surface area contributed by atoms with Gasteiger partial charge in [0.1, 0.15) is 0 Å². The van der Waals surface area contributed by atoms with Crippen LogP contribution in [0.4, 0.5) is 0 Å². The molecule has 2 atom stereocenters. The molecule has 0 spiro atoms. The van der Waals surface area contributed by atoms with Crippen molar-refractivity contribution in [3.8, 4) is 0 Å². The van der Waals surface area contributed by atoms with Crippen molar-refractivity contribution in [3.63, 3.8) is 0 Å². The van der Waals surface area contributed by atoms with Crippen LogP contribution in [0.3, 0.4) is 0 Å². The maximum Gasteiger partial charge on any atom is 0.191 e. The third kappa shape index (κ3) is 10.3. The monoisotopic (exact) mass is 571 g/mol. The minimum absolute atomic E-state index is 0. The number of nitrogens with one attached hydrogen (secondary N) is 2. The largest absolute Gasteiger partial charge is 0.379 e. The van der Waals surface area contributed by atoms with E-state index in [0.717, 1.165) is 50.7 Å². The molecule has 0 radical (unpaired) electrons. The quantitative estimate of drug-likeness (QED) is 0.144. The molecule has 2 rings (SSSR count). The highest BCUT2D eigenvalue weighted by molar-refractivity contribution is 14.0. The van der Waals surface area contributed by atoms with E-state index in [1.165, 1.54) is 9.37 Å². The molecular weight excluding hydrogens is 541 g/mol. The fourth-order valence-corrected chi connectivity index (χ4v) is 4.15. The van der Waals surface area contributed by atoms with Gasteiger partial charge in [-0.3, -0.25) is 4.99 Å². The first-order chi connectivity index (χ1) is 12.7. The SMILES string of the molecule is CN=C(NCCCCSc1ccccc1Br)NC(C)COC1CCOC1.I. The first-order valence-electron chi connectivity index (χ1n) is 9.23. The zero-order valence-corrected chi connectivity index (χ0v) is 20.8. The number of aliphatic imine (C=N–C) groups is 1. The lowest BCUT2D eigenvalue weighted by molar-refractivity contribution is 0.0347. The molecule has 1 aliphatic heterocycles. The molecule has 27 heavy (non-hydrogen) atoms. The predicted molar refractivity (Wildman–Crippen MR) is 129 cm³/mol. The Morgan fingerprint density at radius 1 is 1.41 bits per heavy atom. The van der Waals surface area contributed by atoms with E-state index in [4.69, 9.17) is 9.47 Å². The van der Waals surface area contributed by atoms with Crippen molar-refractivity contribution < 1.29 is 9.47 Å². The van der Waals surface area contributed by atoms with Gasteiger partial charge in [-0.1, -0.05) is 12.1 Å². The molecular formula is C19H31BrIN3O2S. The molecule has 2 unspecified atom stereocenters. The topological polar surface area (TPSA) is 54.9 Å². The number of hydrogen-bond acceptors (Lipinski definition) is 4. The van der Waals surface area contributed by atoms with Crippen LogP contribution in [0.2, 0.25) is 0 Å². The van der Waals surface area contributed by atoms with E-state index in [-0.39, 0.29) is 36.1 Å². The molecule has 0 saturated carbocycles. The first-order valence-corrected chi connectivity index (χ1v) is 11.0. The summed E-state index contributed by atoms with van der Waals surface area (Å²) in [6.45, 7) is 5.22. The van der Waals surface area contributed by atoms with Gasteiger partial charge < -0.3 is 20.1 Å². The van der Waals surface area contributed by atoms with Crippen LogP contribution in [0.15, 0.2) is 38.6 Å². The number of nitrogens with zero attached hydrogens (tertiary/aromatic N) is 1. The summed E-state index contributed by atoms with van der Waals surface area (Å²) in [6, 6.07) is 8.58. The third-order valence-electron chi connectivity index (χ3n) is 4.03. The summed E-state index contributed by atoms with van der Waals surface area (Å²) in [5, 5.41) is 6.75. The summed E-state index contributed by atoms with van der Waals surface area (Å²) in [4.78, 5) is 5.59. The van der Waals surface area contributed by atoms with Crippen LogP contribution >= 0.6 is 51.7 Å². The zero-order valence-electron chi connectivity index (χ0n) is 16.1. The van der Waals surface area contributed by atoms with Crippen LogP contribution in [0.25, 0.3) is 0 Å². The second-order valence-corrected chi connectivity index (χ2v) is 8.34. The molecule has 0 aromatic heterocycles. The number of unbranched alkanes of at least 4 members (excludes halogenated alkanes) is 1. The standard InChI is InChI=1S/C19H30BrN3O2S.HI/c1-15(13-25-16-9-11-24-14-16)23-19(21-2)22-10-5-6-12-26-18-8-4-3-7-17(18)20;/h3-4,7-8,15-16H,5-6,9-14H2,1-2H3,(H2,21,22,23);1H. The van der Waals surface area contributed by atoms with Gasteiger partial charge in [0.25, 0.3) is 0 Å². The second kappa shape index (κ2) is 14.9. The Hall–Kier alpha value is -0.0300. The summed E-state index contributed by atoms with van der Waals surface area (Å²) in [7, 11) is 1.80. The van der Waals surface area contributed by atoms with Crippen molar-refractivity contribution in [1.82, 2.24) is 10.6 Å². The minimum Gasteiger partial charge on any atom is -0.379 e. The molecule has 154 valence electrons. The van der Waals surface area contributed by atoms with E-state index in [2.05, 4.69) is 56.7 Å². The molecule has 1 saturated heterocycles. The highest BCUT2D eigenvalue weighted by atomic mass is 127. The van der Waals surface area contributed by atoms with Gasteiger partial charge in [-0.25, -0.2) is 0 Å². The molecule has 8 heteroatoms. The molecule has 5 nitrogen and oxygen atoms in total. The smallest absolute Gasteiger partial charge is 0.191 e. The summed E-state index contributed by atoms with van der Waals surface area (Å²) in [5.74, 6) is 1.95. The van der Waals surface area contributed by atoms with E-state index in [9.17, 15) is 0 Å². The molecule has 0 bridgehead atoms. The second-order valence-electron chi connectivity index (χ2n) is 6.35. The average molecular weight is 572 g/mol. The Morgan fingerprint density at radius 3 is 2.93 bits per heavy atom. The van der Waals surface area contributed by atoms with Gasteiger partial charge in [-0.15, -0.1) is 35.7 Å². The van der Waals surface area contributed by atoms with E-state index >= 15 is 0 Å². The lowest BCUT2D eigenvalue weighted by Gasteiger charge is -2.19. The van der Waals surface area contributed by atoms with Crippen molar-refractivity contribution in [1.29, 1.82) is 0 Å². The van der Waals surface area contributed by atoms with Gasteiger partial charge in [0, 0.05) is 35.6 Å². The number of ether oxygens (including phenoxy) is 2. The lowest BCUT2D eigenvalue weighted by atomic mass is 10.3. The average Bonchev–Trinajstić information content (AvgIpc) is 3.16. The highest BCUT2D eigenvalue weighted by Crippen LogP contribution is 2.27. The summed E-state index contributed by atoms with van der Waals surface area (Å²) in [5.41, 5.74) is 0. The van der Waals surface area contributed by atoms with E-state index in [1.807, 2.05) is 17.8 Å². The predicted octanol–water partition coefficient (Wildman–Crippen LogP) is 4.30. The fourth-order valence-electron chi connectivity index (χ4n) is 2.57. The Balaban J connectivity index is 0.00000364. The Bertz CT molecular complexity index is 560. The van der Waals surface area contributed by atoms with Crippen LogP contribution < -0.4 is 10.6 Å². The molecule has 1 fully saturated rings. The van der Waals surface area contributed by atoms with Gasteiger partial charge in [-0.05, 0) is 60.0 Å². The summed E-state index contributed by atoms with van der Waals surface area (Å²) >= 11 is 5.48. The zero-order chi connectivity index (χ0) is 18.6. The number of benzene rings is 1. The number of halogens is 2. The van der Waals surface area contributed by atoms with Crippen LogP contribution in [-0.4, -0.2) is 57.3 Å². The van der Waals surface area contributed by atoms with E-state index < -0.39 is 0 Å². The minimum atomic E-state index is 0. The highest BCUT2D eigenvalue weighted by Gasteiger charge is 2.17. The molecule has 0 amide bonds. The molecule has 1 aromatic rings. The van der Waals surface area contributed by atoms with Crippen molar-refractivity contribution in [2.75, 3.05) is 39.2 Å². The normalized spacial score (nSPS) is 18.0. The molecule has 1 heterocycles. The third-order valence-corrected chi connectivity index (χ3v) is 6.15. The lowest BCUT2D eigenvalue weighted by Crippen LogP contribution is -2.44. The van der Waals surface area contributed by atoms with Gasteiger partial charge in [0.15, 0.2) is 5.96 Å². The van der Waals surface area contributed by atoms with E-state index in [1.54, 1.807) is 7.05 Å². The Morgan fingerprint density at radius 2 is 2.22 bits per heavy atom. The van der Waals surface area contributed by atoms with E-state index in [0.29, 0.717) is 6.61 Å². The molecule has 1 aliphatic rings. The van der Waals surface area contributed by atoms with Gasteiger partial charge in [0.2, 0.25) is 0 Å². The summed E-state index contributed by atoms with van der Waals surface area (Å²) < 4.78 is 12.3. The van der Waals surface area contributed by atoms with Crippen molar-refractivity contribution in [3.05, 3.63) is 28.7 Å². The molecule has 2 N–H and O–H groups in total. The summed E-state index contributed by atoms with van der Waals surface area (Å²) in [6.07, 6.45) is 3.52. The van der Waals surface area contributed by atoms with Gasteiger partial charge in [-0.2, -0.15) is 0 Å². The number of hydrogen-bond donors (Lipinski definition) is 2. The number of thioether (sulfide) groups is 1. The maximum atomic E-state index is 5.84. The van der Waals surface area contributed by atoms with Crippen LogP contribution in [0, 0.1) is 0 Å². The van der Waals surface area contributed by atoms with Gasteiger partial charge in [0.05, 0.1) is 19.3 Å². The van der Waals surface area contributed by atoms with Crippen molar-refractivity contribution in [2.24, 2.45) is 4.99 Å². The van der Waals surface area contributed by atoms with Crippen LogP contribution in [-0.2, 0) is 9.47 Å². The first kappa shape index (κ1) is 25.0. The number of guanidine groups is 1. The van der Waals surface area contributed by atoms with Crippen molar-refractivity contribution >= 4 is 57.6 Å². The Kier molecular flexibility index (Phi) is 13.8. The van der Waals surface area contributed by atoms with Crippen LogP contribution in [0.1, 0.15) is 26.2 Å². The molecule has 0 aliphatic carbocycles. The maximum absolute atomic E-state index is 5.84. The fraction of sp³-hybridized carbons (Fsp3) is 0.632. The van der Waals surface area contributed by atoms with Gasteiger partial charge >= 0.3 is 0 Å². The van der Waals surface area contributed by atoms with Crippen molar-refractivity contribution in [2.45, 2.75) is 43.2 Å². The van der Waals surface area contributed by atoms with Crippen LogP contribution in [0.5, 0.6) is 0 Å². The molecule has 1 aromatic carbocycles.